The van der Waals surface area contributed by atoms with Crippen LogP contribution in [0.15, 0.2) is 22.7 Å². The molecule has 1 fully saturated rings. The van der Waals surface area contributed by atoms with Crippen molar-refractivity contribution in [3.05, 3.63) is 28.2 Å². The van der Waals surface area contributed by atoms with E-state index in [1.807, 2.05) is 7.05 Å². The van der Waals surface area contributed by atoms with Gasteiger partial charge in [0.05, 0.1) is 0 Å². The molecule has 1 aromatic rings. The molecule has 2 rings (SSSR count). The summed E-state index contributed by atoms with van der Waals surface area (Å²) in [6, 6.07) is 6.74. The molecule has 0 saturated carbocycles. The van der Waals surface area contributed by atoms with Crippen molar-refractivity contribution < 1.29 is 0 Å². The number of hydrogen-bond donors (Lipinski definition) is 1. The number of benzene rings is 1. The molecule has 0 spiro atoms. The number of halogens is 1. The van der Waals surface area contributed by atoms with Crippen molar-refractivity contribution in [1.29, 1.82) is 0 Å². The van der Waals surface area contributed by atoms with Crippen molar-refractivity contribution in [3.8, 4) is 0 Å². The van der Waals surface area contributed by atoms with Gasteiger partial charge < -0.3 is 10.2 Å². The fourth-order valence-corrected chi connectivity index (χ4v) is 3.17. The van der Waals surface area contributed by atoms with Crippen LogP contribution in [0.5, 0.6) is 0 Å². The van der Waals surface area contributed by atoms with Crippen LogP contribution in [0.2, 0.25) is 0 Å². The lowest BCUT2D eigenvalue weighted by Gasteiger charge is -2.33. The van der Waals surface area contributed by atoms with Gasteiger partial charge in [0.25, 0.3) is 0 Å². The molecular formula is C15H23BrN2. The second-order valence-electron chi connectivity index (χ2n) is 5.14. The van der Waals surface area contributed by atoms with E-state index in [2.05, 4.69) is 51.3 Å². The van der Waals surface area contributed by atoms with Crippen molar-refractivity contribution in [1.82, 2.24) is 5.32 Å². The Morgan fingerprint density at radius 1 is 1.33 bits per heavy atom. The fraction of sp³-hybridized carbons (Fsp3) is 0.600. The summed E-state index contributed by atoms with van der Waals surface area (Å²) in [5.41, 5.74) is 2.68. The molecule has 0 unspecified atom stereocenters. The molecule has 2 nitrogen and oxygen atoms in total. The van der Waals surface area contributed by atoms with Crippen LogP contribution in [0.3, 0.4) is 0 Å². The van der Waals surface area contributed by atoms with Crippen LogP contribution < -0.4 is 10.2 Å². The van der Waals surface area contributed by atoms with Gasteiger partial charge in [-0.15, -0.1) is 0 Å². The predicted octanol–water partition coefficient (Wildman–Crippen LogP) is 3.79. The number of nitrogens with zero attached hydrogens (tertiary/aromatic N) is 1. The van der Waals surface area contributed by atoms with E-state index in [0.29, 0.717) is 0 Å². The average Bonchev–Trinajstić information content (AvgIpc) is 2.41. The first-order valence-electron chi connectivity index (χ1n) is 6.92. The Labute approximate surface area is 119 Å². The van der Waals surface area contributed by atoms with E-state index in [4.69, 9.17) is 0 Å². The second kappa shape index (κ2) is 6.58. The Morgan fingerprint density at radius 2 is 2.06 bits per heavy atom. The van der Waals surface area contributed by atoms with Gasteiger partial charge in [-0.1, -0.05) is 35.3 Å². The van der Waals surface area contributed by atoms with Crippen LogP contribution >= 0.6 is 15.9 Å². The summed E-state index contributed by atoms with van der Waals surface area (Å²) >= 11 is 3.67. The van der Waals surface area contributed by atoms with E-state index in [1.54, 1.807) is 0 Å². The minimum atomic E-state index is 0.915. The third-order valence-corrected chi connectivity index (χ3v) is 4.70. The van der Waals surface area contributed by atoms with Crippen LogP contribution in [0.4, 0.5) is 5.69 Å². The molecule has 1 saturated heterocycles. The second-order valence-corrected chi connectivity index (χ2v) is 6.00. The van der Waals surface area contributed by atoms with Gasteiger partial charge in [0.2, 0.25) is 0 Å². The molecule has 1 aliphatic rings. The van der Waals surface area contributed by atoms with E-state index in [-0.39, 0.29) is 0 Å². The van der Waals surface area contributed by atoms with Gasteiger partial charge in [0.15, 0.2) is 0 Å². The van der Waals surface area contributed by atoms with E-state index >= 15 is 0 Å². The van der Waals surface area contributed by atoms with E-state index < -0.39 is 0 Å². The number of hydrogen-bond acceptors (Lipinski definition) is 2. The Hall–Kier alpha value is -0.540. The highest BCUT2D eigenvalue weighted by Crippen LogP contribution is 2.28. The lowest BCUT2D eigenvalue weighted by Crippen LogP contribution is -2.33. The number of anilines is 1. The van der Waals surface area contributed by atoms with Crippen LogP contribution in [0.25, 0.3) is 0 Å². The molecule has 0 radical (unpaired) electrons. The lowest BCUT2D eigenvalue weighted by atomic mass is 9.94. The number of piperidine rings is 1. The van der Waals surface area contributed by atoms with Crippen LogP contribution in [0, 0.1) is 5.92 Å². The highest BCUT2D eigenvalue weighted by atomic mass is 79.9. The van der Waals surface area contributed by atoms with Gasteiger partial charge in [0.1, 0.15) is 0 Å². The minimum Gasteiger partial charge on any atom is -0.371 e. The topological polar surface area (TPSA) is 15.3 Å². The van der Waals surface area contributed by atoms with E-state index in [9.17, 15) is 0 Å². The molecule has 18 heavy (non-hydrogen) atoms. The predicted molar refractivity (Wildman–Crippen MR) is 82.1 cm³/mol. The largest absolute Gasteiger partial charge is 0.371 e. The molecule has 0 aromatic heterocycles. The Kier molecular flexibility index (Phi) is 5.07. The highest BCUT2D eigenvalue weighted by molar-refractivity contribution is 9.10. The van der Waals surface area contributed by atoms with Crippen LogP contribution in [-0.4, -0.2) is 20.1 Å². The smallest absolute Gasteiger partial charge is 0.0377 e. The van der Waals surface area contributed by atoms with Crippen molar-refractivity contribution in [2.24, 2.45) is 5.92 Å². The first kappa shape index (κ1) is 13.9. The lowest BCUT2D eigenvalue weighted by molar-refractivity contribution is 0.395. The number of nitrogens with one attached hydrogen (secondary N) is 1. The standard InChI is InChI=1S/C15H23BrN2/c1-3-12-6-8-18(9-7-12)14-5-4-13(11-17-2)15(16)10-14/h4-5,10,12,17H,3,6-9,11H2,1-2H3. The first-order valence-corrected chi connectivity index (χ1v) is 7.72. The van der Waals surface area contributed by atoms with Crippen LogP contribution in [0.1, 0.15) is 31.7 Å². The third-order valence-electron chi connectivity index (χ3n) is 3.96. The quantitative estimate of drug-likeness (QED) is 0.910. The molecule has 3 heteroatoms. The summed E-state index contributed by atoms with van der Waals surface area (Å²) in [5.74, 6) is 0.938. The van der Waals surface area contributed by atoms with Gasteiger partial charge in [0, 0.05) is 29.8 Å². The van der Waals surface area contributed by atoms with Gasteiger partial charge in [-0.05, 0) is 43.5 Å². The Balaban J connectivity index is 2.03. The third kappa shape index (κ3) is 3.27. The zero-order valence-electron chi connectivity index (χ0n) is 11.4. The molecular weight excluding hydrogens is 288 g/mol. The molecule has 0 amide bonds. The van der Waals surface area contributed by atoms with Gasteiger partial charge in [-0.2, -0.15) is 0 Å². The zero-order chi connectivity index (χ0) is 13.0. The molecule has 1 heterocycles. The van der Waals surface area contributed by atoms with E-state index in [0.717, 1.165) is 12.5 Å². The van der Waals surface area contributed by atoms with Crippen molar-refractivity contribution in [2.75, 3.05) is 25.0 Å². The maximum absolute atomic E-state index is 3.67. The Morgan fingerprint density at radius 3 is 2.61 bits per heavy atom. The summed E-state index contributed by atoms with van der Waals surface area (Å²) in [4.78, 5) is 2.51. The number of rotatable bonds is 4. The summed E-state index contributed by atoms with van der Waals surface area (Å²) < 4.78 is 1.21. The minimum absolute atomic E-state index is 0.915. The van der Waals surface area contributed by atoms with Crippen molar-refractivity contribution >= 4 is 21.6 Å². The summed E-state index contributed by atoms with van der Waals surface area (Å²) in [6.45, 7) is 5.63. The highest BCUT2D eigenvalue weighted by Gasteiger charge is 2.18. The molecule has 1 aliphatic heterocycles. The summed E-state index contributed by atoms with van der Waals surface area (Å²) in [7, 11) is 1.98. The molecule has 0 atom stereocenters. The fourth-order valence-electron chi connectivity index (χ4n) is 2.67. The molecule has 1 aromatic carbocycles. The average molecular weight is 311 g/mol. The zero-order valence-corrected chi connectivity index (χ0v) is 13.0. The Bertz CT molecular complexity index is 384. The van der Waals surface area contributed by atoms with Gasteiger partial charge in [-0.25, -0.2) is 0 Å². The molecule has 1 N–H and O–H groups in total. The van der Waals surface area contributed by atoms with Crippen LogP contribution in [-0.2, 0) is 6.54 Å². The molecule has 0 aliphatic carbocycles. The van der Waals surface area contributed by atoms with E-state index in [1.165, 1.54) is 48.1 Å². The molecule has 100 valence electrons. The van der Waals surface area contributed by atoms with Gasteiger partial charge >= 0.3 is 0 Å². The maximum atomic E-state index is 3.67. The monoisotopic (exact) mass is 310 g/mol. The summed E-state index contributed by atoms with van der Waals surface area (Å²) in [6.07, 6.45) is 4.01. The first-order chi connectivity index (χ1) is 8.74. The normalized spacial score (nSPS) is 17.2. The maximum Gasteiger partial charge on any atom is 0.0377 e. The molecule has 0 bridgehead atoms. The van der Waals surface area contributed by atoms with Crippen molar-refractivity contribution in [3.63, 3.8) is 0 Å². The van der Waals surface area contributed by atoms with Crippen molar-refractivity contribution in [2.45, 2.75) is 32.7 Å². The SMILES string of the molecule is CCC1CCN(c2ccc(CNC)c(Br)c2)CC1. The van der Waals surface area contributed by atoms with Gasteiger partial charge in [-0.3, -0.25) is 0 Å². The summed E-state index contributed by atoms with van der Waals surface area (Å²) in [5, 5.41) is 3.19.